The van der Waals surface area contributed by atoms with Gasteiger partial charge in [0, 0.05) is 24.1 Å². The van der Waals surface area contributed by atoms with Crippen molar-refractivity contribution >= 4 is 33.3 Å². The van der Waals surface area contributed by atoms with Crippen LogP contribution in [0.1, 0.15) is 37.9 Å². The second-order valence-electron chi connectivity index (χ2n) is 7.37. The Morgan fingerprint density at radius 3 is 2.72 bits per heavy atom. The SMILES string of the molecule is COCc1nc(NCC(=O)NC2CCCCC2)c2c(-c3ccccc3)csc2n1. The average Bonchev–Trinajstić information content (AvgIpc) is 3.18. The van der Waals surface area contributed by atoms with E-state index in [0.717, 1.165) is 34.2 Å². The zero-order chi connectivity index (χ0) is 20.1. The minimum atomic E-state index is 0.00782. The first kappa shape index (κ1) is 19.8. The maximum absolute atomic E-state index is 12.5. The molecule has 1 aromatic carbocycles. The first-order valence-electron chi connectivity index (χ1n) is 10.1. The first-order chi connectivity index (χ1) is 14.2. The van der Waals surface area contributed by atoms with Crippen LogP contribution in [0.3, 0.4) is 0 Å². The summed E-state index contributed by atoms with van der Waals surface area (Å²) in [6.45, 7) is 0.524. The fourth-order valence-corrected chi connectivity index (χ4v) is 4.79. The maximum Gasteiger partial charge on any atom is 0.239 e. The molecule has 6 nitrogen and oxygen atoms in total. The zero-order valence-electron chi connectivity index (χ0n) is 16.6. The Hall–Kier alpha value is -2.51. The number of nitrogens with zero attached hydrogens (tertiary/aromatic N) is 2. The standard InChI is InChI=1S/C22H26N4O2S/c1-28-13-18-25-21(23-12-19(27)24-16-10-6-3-7-11-16)20-17(14-29-22(20)26-18)15-8-4-2-5-9-15/h2,4-5,8-9,14,16H,3,6-7,10-13H2,1H3,(H,24,27)(H,23,25,26). The van der Waals surface area contributed by atoms with E-state index in [2.05, 4.69) is 38.1 Å². The number of rotatable bonds is 7. The molecule has 1 fully saturated rings. The molecule has 0 spiro atoms. The summed E-state index contributed by atoms with van der Waals surface area (Å²) in [5, 5.41) is 9.46. The number of ether oxygens (including phenoxy) is 1. The van der Waals surface area contributed by atoms with E-state index in [0.29, 0.717) is 24.3 Å². The molecule has 2 aromatic heterocycles. The van der Waals surface area contributed by atoms with E-state index >= 15 is 0 Å². The van der Waals surface area contributed by atoms with E-state index in [1.165, 1.54) is 19.3 Å². The molecule has 0 atom stereocenters. The highest BCUT2D eigenvalue weighted by Gasteiger charge is 2.18. The number of carbonyl (C=O) groups is 1. The lowest BCUT2D eigenvalue weighted by atomic mass is 9.95. The number of benzene rings is 1. The second-order valence-corrected chi connectivity index (χ2v) is 8.23. The Balaban J connectivity index is 1.58. The number of aromatic nitrogens is 2. The topological polar surface area (TPSA) is 76.1 Å². The third-order valence-corrected chi connectivity index (χ3v) is 6.10. The third-order valence-electron chi connectivity index (χ3n) is 5.22. The summed E-state index contributed by atoms with van der Waals surface area (Å²) in [6, 6.07) is 10.5. The number of nitrogens with one attached hydrogen (secondary N) is 2. The summed E-state index contributed by atoms with van der Waals surface area (Å²) in [6.07, 6.45) is 5.81. The summed E-state index contributed by atoms with van der Waals surface area (Å²) < 4.78 is 5.22. The molecule has 1 saturated carbocycles. The minimum absolute atomic E-state index is 0.00782. The highest BCUT2D eigenvalue weighted by molar-refractivity contribution is 7.17. The summed E-state index contributed by atoms with van der Waals surface area (Å²) in [7, 11) is 1.63. The molecule has 2 heterocycles. The molecule has 0 aliphatic heterocycles. The number of hydrogen-bond donors (Lipinski definition) is 2. The Morgan fingerprint density at radius 1 is 1.17 bits per heavy atom. The molecule has 0 bridgehead atoms. The number of fused-ring (bicyclic) bond motifs is 1. The highest BCUT2D eigenvalue weighted by atomic mass is 32.1. The molecule has 152 valence electrons. The van der Waals surface area contributed by atoms with Gasteiger partial charge >= 0.3 is 0 Å². The Bertz CT molecular complexity index is 968. The summed E-state index contributed by atoms with van der Waals surface area (Å²) in [4.78, 5) is 22.7. The number of thiophene rings is 1. The van der Waals surface area contributed by atoms with Crippen molar-refractivity contribution in [3.8, 4) is 11.1 Å². The molecule has 3 aromatic rings. The van der Waals surface area contributed by atoms with Crippen LogP contribution in [0.2, 0.25) is 0 Å². The van der Waals surface area contributed by atoms with E-state index in [1.54, 1.807) is 18.4 Å². The maximum atomic E-state index is 12.5. The van der Waals surface area contributed by atoms with Gasteiger partial charge in [0.25, 0.3) is 0 Å². The van der Waals surface area contributed by atoms with Gasteiger partial charge in [0.2, 0.25) is 5.91 Å². The van der Waals surface area contributed by atoms with Crippen molar-refractivity contribution in [2.45, 2.75) is 44.8 Å². The summed E-state index contributed by atoms with van der Waals surface area (Å²) in [5.41, 5.74) is 2.18. The summed E-state index contributed by atoms with van der Waals surface area (Å²) in [5.74, 6) is 1.30. The predicted octanol–water partition coefficient (Wildman–Crippen LogP) is 4.37. The van der Waals surface area contributed by atoms with Crippen LogP contribution in [-0.2, 0) is 16.1 Å². The smallest absolute Gasteiger partial charge is 0.239 e. The first-order valence-corrected chi connectivity index (χ1v) is 11.0. The van der Waals surface area contributed by atoms with Crippen molar-refractivity contribution in [1.29, 1.82) is 0 Å². The Morgan fingerprint density at radius 2 is 1.97 bits per heavy atom. The lowest BCUT2D eigenvalue weighted by molar-refractivity contribution is -0.120. The minimum Gasteiger partial charge on any atom is -0.377 e. The van der Waals surface area contributed by atoms with Crippen molar-refractivity contribution in [3.05, 3.63) is 41.5 Å². The van der Waals surface area contributed by atoms with Crippen molar-refractivity contribution in [2.75, 3.05) is 19.0 Å². The van der Waals surface area contributed by atoms with Gasteiger partial charge in [0.05, 0.1) is 11.9 Å². The number of methoxy groups -OCH3 is 1. The van der Waals surface area contributed by atoms with Crippen LogP contribution in [0.25, 0.3) is 21.3 Å². The van der Waals surface area contributed by atoms with E-state index in [4.69, 9.17) is 4.74 Å². The fourth-order valence-electron chi connectivity index (χ4n) is 3.83. The van der Waals surface area contributed by atoms with Crippen molar-refractivity contribution in [1.82, 2.24) is 15.3 Å². The number of carbonyl (C=O) groups excluding carboxylic acids is 1. The molecule has 1 amide bonds. The molecule has 4 rings (SSSR count). The molecule has 7 heteroatoms. The molecule has 29 heavy (non-hydrogen) atoms. The molecule has 0 radical (unpaired) electrons. The van der Waals surface area contributed by atoms with Crippen LogP contribution >= 0.6 is 11.3 Å². The average molecular weight is 411 g/mol. The lowest BCUT2D eigenvalue weighted by Gasteiger charge is -2.22. The zero-order valence-corrected chi connectivity index (χ0v) is 17.4. The van der Waals surface area contributed by atoms with Crippen molar-refractivity contribution < 1.29 is 9.53 Å². The largest absolute Gasteiger partial charge is 0.377 e. The molecule has 0 unspecified atom stereocenters. The van der Waals surface area contributed by atoms with Crippen LogP contribution in [0.4, 0.5) is 5.82 Å². The van der Waals surface area contributed by atoms with Gasteiger partial charge < -0.3 is 15.4 Å². The lowest BCUT2D eigenvalue weighted by Crippen LogP contribution is -2.39. The third kappa shape index (κ3) is 4.74. The molecule has 1 aliphatic rings. The van der Waals surface area contributed by atoms with Gasteiger partial charge in [-0.05, 0) is 18.4 Å². The highest BCUT2D eigenvalue weighted by Crippen LogP contribution is 2.36. The van der Waals surface area contributed by atoms with Crippen molar-refractivity contribution in [3.63, 3.8) is 0 Å². The quantitative estimate of drug-likeness (QED) is 0.605. The number of anilines is 1. The van der Waals surface area contributed by atoms with E-state index < -0.39 is 0 Å². The van der Waals surface area contributed by atoms with Gasteiger partial charge in [-0.1, -0.05) is 49.6 Å². The summed E-state index contributed by atoms with van der Waals surface area (Å²) >= 11 is 1.58. The van der Waals surface area contributed by atoms with Gasteiger partial charge in [-0.3, -0.25) is 4.79 Å². The van der Waals surface area contributed by atoms with Gasteiger partial charge in [-0.25, -0.2) is 9.97 Å². The fraction of sp³-hybridized carbons (Fsp3) is 0.409. The second kappa shape index (κ2) is 9.33. The van der Waals surface area contributed by atoms with Crippen LogP contribution in [-0.4, -0.2) is 35.6 Å². The van der Waals surface area contributed by atoms with E-state index in [9.17, 15) is 4.79 Å². The predicted molar refractivity (Wildman–Crippen MR) is 117 cm³/mol. The van der Waals surface area contributed by atoms with Crippen LogP contribution in [0, 0.1) is 0 Å². The van der Waals surface area contributed by atoms with Crippen LogP contribution in [0.15, 0.2) is 35.7 Å². The molecule has 2 N–H and O–H groups in total. The van der Waals surface area contributed by atoms with Crippen LogP contribution in [0.5, 0.6) is 0 Å². The van der Waals surface area contributed by atoms with Crippen LogP contribution < -0.4 is 10.6 Å². The van der Waals surface area contributed by atoms with Crippen molar-refractivity contribution in [2.24, 2.45) is 0 Å². The number of hydrogen-bond acceptors (Lipinski definition) is 6. The molecule has 0 saturated heterocycles. The van der Waals surface area contributed by atoms with Gasteiger partial charge in [-0.2, -0.15) is 0 Å². The van der Waals surface area contributed by atoms with E-state index in [-0.39, 0.29) is 12.5 Å². The monoisotopic (exact) mass is 410 g/mol. The normalized spacial score (nSPS) is 14.8. The Kier molecular flexibility index (Phi) is 6.36. The molecular formula is C22H26N4O2S. The molecule has 1 aliphatic carbocycles. The van der Waals surface area contributed by atoms with E-state index in [1.807, 2.05) is 18.2 Å². The molecular weight excluding hydrogens is 384 g/mol. The Labute approximate surface area is 174 Å². The van der Waals surface area contributed by atoms with Gasteiger partial charge in [0.1, 0.15) is 17.3 Å². The number of amides is 1. The van der Waals surface area contributed by atoms with Gasteiger partial charge in [0.15, 0.2) is 5.82 Å². The van der Waals surface area contributed by atoms with Gasteiger partial charge in [-0.15, -0.1) is 11.3 Å².